The summed E-state index contributed by atoms with van der Waals surface area (Å²) in [4.78, 5) is 32.6. The summed E-state index contributed by atoms with van der Waals surface area (Å²) >= 11 is 0. The van der Waals surface area contributed by atoms with Crippen LogP contribution in [-0.4, -0.2) is 52.1 Å². The second kappa shape index (κ2) is 9.02. The third kappa shape index (κ3) is 4.39. The number of aliphatic hydroxyl groups is 1. The lowest BCUT2D eigenvalue weighted by Crippen LogP contribution is -2.52. The fourth-order valence-electron chi connectivity index (χ4n) is 5.22. The molecule has 0 fully saturated rings. The number of nitrogens with two attached hydrogens (primary N) is 1. The van der Waals surface area contributed by atoms with Crippen LogP contribution in [0.3, 0.4) is 0 Å². The molecular formula is C27H31FN4O5. The molecule has 0 aliphatic carbocycles. The summed E-state index contributed by atoms with van der Waals surface area (Å²) < 4.78 is 26.1. The first-order chi connectivity index (χ1) is 17.5. The van der Waals surface area contributed by atoms with Gasteiger partial charge in [0.05, 0.1) is 36.2 Å². The van der Waals surface area contributed by atoms with E-state index in [-0.39, 0.29) is 41.8 Å². The second-order valence-corrected chi connectivity index (χ2v) is 10.4. The number of benzene rings is 2. The van der Waals surface area contributed by atoms with Gasteiger partial charge in [-0.15, -0.1) is 0 Å². The van der Waals surface area contributed by atoms with E-state index in [2.05, 4.69) is 10.3 Å². The van der Waals surface area contributed by atoms with E-state index in [0.717, 1.165) is 0 Å². The molecule has 2 amide bonds. The van der Waals surface area contributed by atoms with Crippen molar-refractivity contribution < 1.29 is 28.6 Å². The van der Waals surface area contributed by atoms with Crippen molar-refractivity contribution >= 4 is 17.8 Å². The molecule has 196 valence electrons. The van der Waals surface area contributed by atoms with Crippen LogP contribution in [0.4, 0.5) is 4.39 Å². The standard InChI is InChI=1S/C27H31FN4O5/c1-4-26(2)13-21(33)32(25(29)31-26)18-10-11-36-19-9-8-15(12-16(18)19)24(34)30-23-22-17(28)6-5-7-20(22)37-14-27(23,3)35/h5-9,12,18,23,35H,4,10-11,13-14H2,1-3H3,(H2,29,31)(H,30,34)/t18-,23?,26-,27?/m1/s1. The van der Waals surface area contributed by atoms with E-state index >= 15 is 0 Å². The Morgan fingerprint density at radius 1 is 1.27 bits per heavy atom. The lowest BCUT2D eigenvalue weighted by molar-refractivity contribution is -0.131. The molecule has 3 aliphatic rings. The van der Waals surface area contributed by atoms with Crippen LogP contribution >= 0.6 is 0 Å². The third-order valence-corrected chi connectivity index (χ3v) is 7.50. The summed E-state index contributed by atoms with van der Waals surface area (Å²) in [5.41, 5.74) is 5.19. The number of guanidine groups is 1. The van der Waals surface area contributed by atoms with Crippen LogP contribution in [0.25, 0.3) is 0 Å². The molecule has 0 bridgehead atoms. The first-order valence-electron chi connectivity index (χ1n) is 12.4. The predicted molar refractivity (Wildman–Crippen MR) is 134 cm³/mol. The van der Waals surface area contributed by atoms with Gasteiger partial charge in [-0.3, -0.25) is 14.5 Å². The number of hydrogen-bond donors (Lipinski definition) is 3. The van der Waals surface area contributed by atoms with Gasteiger partial charge in [-0.1, -0.05) is 13.0 Å². The van der Waals surface area contributed by atoms with Crippen LogP contribution in [-0.2, 0) is 4.79 Å². The number of rotatable bonds is 4. The van der Waals surface area contributed by atoms with Crippen molar-refractivity contribution in [2.45, 2.75) is 63.3 Å². The average molecular weight is 511 g/mol. The number of halogens is 1. The second-order valence-electron chi connectivity index (χ2n) is 10.4. The summed E-state index contributed by atoms with van der Waals surface area (Å²) in [5, 5.41) is 13.7. The van der Waals surface area contributed by atoms with Gasteiger partial charge in [0.25, 0.3) is 5.91 Å². The highest BCUT2D eigenvalue weighted by molar-refractivity contribution is 6.00. The maximum absolute atomic E-state index is 14.7. The smallest absolute Gasteiger partial charge is 0.251 e. The Morgan fingerprint density at radius 2 is 2.05 bits per heavy atom. The number of ether oxygens (including phenoxy) is 2. The molecule has 10 heteroatoms. The number of nitrogens with one attached hydrogen (secondary N) is 1. The minimum Gasteiger partial charge on any atom is -0.493 e. The Bertz CT molecular complexity index is 1300. The molecule has 0 radical (unpaired) electrons. The van der Waals surface area contributed by atoms with Crippen molar-refractivity contribution in [1.82, 2.24) is 10.2 Å². The first-order valence-corrected chi connectivity index (χ1v) is 12.4. The SMILES string of the molecule is CC[C@]1(C)CC(=O)N([C@@H]2CCOc3ccc(C(=O)NC4c5c(F)cccc5OCC4(C)O)cc32)C(N)=N1. The molecule has 3 heterocycles. The average Bonchev–Trinajstić information content (AvgIpc) is 2.85. The number of fused-ring (bicyclic) bond motifs is 2. The van der Waals surface area contributed by atoms with Crippen molar-refractivity contribution in [3.63, 3.8) is 0 Å². The van der Waals surface area contributed by atoms with Gasteiger partial charge in [-0.05, 0) is 50.6 Å². The normalized spacial score (nSPS) is 28.8. The van der Waals surface area contributed by atoms with Gasteiger partial charge in [0, 0.05) is 17.5 Å². The third-order valence-electron chi connectivity index (χ3n) is 7.50. The number of nitrogens with zero attached hydrogens (tertiary/aromatic N) is 2. The van der Waals surface area contributed by atoms with Crippen LogP contribution in [0.2, 0.25) is 0 Å². The molecular weight excluding hydrogens is 479 g/mol. The number of aliphatic imine (C=N–C) groups is 1. The maximum atomic E-state index is 14.7. The molecule has 0 aromatic heterocycles. The molecule has 37 heavy (non-hydrogen) atoms. The molecule has 4 N–H and O–H groups in total. The number of carbonyl (C=O) groups is 2. The molecule has 5 rings (SSSR count). The Hall–Kier alpha value is -3.66. The highest BCUT2D eigenvalue weighted by atomic mass is 19.1. The van der Waals surface area contributed by atoms with E-state index in [1.807, 2.05) is 13.8 Å². The zero-order chi connectivity index (χ0) is 26.5. The predicted octanol–water partition coefficient (Wildman–Crippen LogP) is 2.98. The summed E-state index contributed by atoms with van der Waals surface area (Å²) in [7, 11) is 0. The van der Waals surface area contributed by atoms with Crippen LogP contribution in [0.15, 0.2) is 41.4 Å². The van der Waals surface area contributed by atoms with Gasteiger partial charge < -0.3 is 25.6 Å². The maximum Gasteiger partial charge on any atom is 0.251 e. The molecule has 0 spiro atoms. The molecule has 0 saturated heterocycles. The highest BCUT2D eigenvalue weighted by Crippen LogP contribution is 2.41. The Balaban J connectivity index is 1.47. The minimum atomic E-state index is -1.54. The molecule has 2 unspecified atom stereocenters. The molecule has 2 aromatic carbocycles. The van der Waals surface area contributed by atoms with Crippen LogP contribution < -0.4 is 20.5 Å². The van der Waals surface area contributed by atoms with Crippen molar-refractivity contribution in [1.29, 1.82) is 0 Å². The van der Waals surface area contributed by atoms with Gasteiger partial charge in [-0.2, -0.15) is 0 Å². The fraction of sp³-hybridized carbons (Fsp3) is 0.444. The van der Waals surface area contributed by atoms with E-state index in [1.165, 1.54) is 24.0 Å². The van der Waals surface area contributed by atoms with E-state index < -0.39 is 34.9 Å². The van der Waals surface area contributed by atoms with Crippen molar-refractivity contribution in [2.75, 3.05) is 13.2 Å². The lowest BCUT2D eigenvalue weighted by atomic mass is 9.87. The monoisotopic (exact) mass is 510 g/mol. The number of hydrogen-bond acceptors (Lipinski definition) is 7. The molecule has 0 saturated carbocycles. The van der Waals surface area contributed by atoms with Crippen LogP contribution in [0.5, 0.6) is 11.5 Å². The zero-order valence-electron chi connectivity index (χ0n) is 21.1. The van der Waals surface area contributed by atoms with Crippen LogP contribution in [0.1, 0.15) is 73.6 Å². The summed E-state index contributed by atoms with van der Waals surface area (Å²) in [5.74, 6) is -0.258. The van der Waals surface area contributed by atoms with Gasteiger partial charge in [0.15, 0.2) is 5.96 Å². The van der Waals surface area contributed by atoms with Gasteiger partial charge in [-0.25, -0.2) is 9.38 Å². The lowest BCUT2D eigenvalue weighted by Gasteiger charge is -2.40. The Labute approximate surface area is 214 Å². The molecule has 2 aromatic rings. The minimum absolute atomic E-state index is 0.0909. The highest BCUT2D eigenvalue weighted by Gasteiger charge is 2.43. The van der Waals surface area contributed by atoms with Crippen molar-refractivity contribution in [2.24, 2.45) is 10.7 Å². The quantitative estimate of drug-likeness (QED) is 0.581. The van der Waals surface area contributed by atoms with E-state index in [4.69, 9.17) is 15.2 Å². The number of carbonyl (C=O) groups excluding carboxylic acids is 2. The summed E-state index contributed by atoms with van der Waals surface area (Å²) in [6.45, 7) is 5.63. The number of amides is 2. The van der Waals surface area contributed by atoms with Gasteiger partial charge in [0.2, 0.25) is 5.91 Å². The van der Waals surface area contributed by atoms with Crippen molar-refractivity contribution in [3.8, 4) is 11.5 Å². The molecule has 9 nitrogen and oxygen atoms in total. The fourth-order valence-corrected chi connectivity index (χ4v) is 5.22. The van der Waals surface area contributed by atoms with Crippen LogP contribution in [0, 0.1) is 5.82 Å². The summed E-state index contributed by atoms with van der Waals surface area (Å²) in [6.07, 6.45) is 1.40. The molecule has 4 atom stereocenters. The largest absolute Gasteiger partial charge is 0.493 e. The molecule has 3 aliphatic heterocycles. The zero-order valence-corrected chi connectivity index (χ0v) is 21.1. The van der Waals surface area contributed by atoms with E-state index in [9.17, 15) is 19.1 Å². The van der Waals surface area contributed by atoms with Gasteiger partial charge >= 0.3 is 0 Å². The summed E-state index contributed by atoms with van der Waals surface area (Å²) in [6, 6.07) is 7.80. The topological polar surface area (TPSA) is 126 Å². The Morgan fingerprint density at radius 3 is 2.78 bits per heavy atom. The Kier molecular flexibility index (Phi) is 6.10. The van der Waals surface area contributed by atoms with E-state index in [1.54, 1.807) is 24.3 Å². The van der Waals surface area contributed by atoms with E-state index in [0.29, 0.717) is 30.8 Å². The van der Waals surface area contributed by atoms with Gasteiger partial charge in [0.1, 0.15) is 29.5 Å². The first kappa shape index (κ1) is 25.0. The van der Waals surface area contributed by atoms with Crippen molar-refractivity contribution in [3.05, 3.63) is 58.9 Å².